The van der Waals surface area contributed by atoms with Crippen molar-refractivity contribution in [2.75, 3.05) is 10.6 Å². The standard InChI is InChI=1S/C16H16N2O3/c1-12(15(19)17-13-8-4-2-5-9-13)21-16(20)18-14-10-6-3-7-11-14/h2-12H,1H3,(H,17,19)(H,18,20). The lowest BCUT2D eigenvalue weighted by atomic mass is 10.3. The molecule has 1 unspecified atom stereocenters. The summed E-state index contributed by atoms with van der Waals surface area (Å²) in [4.78, 5) is 23.6. The normalized spacial score (nSPS) is 11.3. The van der Waals surface area contributed by atoms with Crippen molar-refractivity contribution in [1.29, 1.82) is 0 Å². The summed E-state index contributed by atoms with van der Waals surface area (Å²) in [6.45, 7) is 1.52. The van der Waals surface area contributed by atoms with Gasteiger partial charge in [-0.3, -0.25) is 10.1 Å². The topological polar surface area (TPSA) is 67.4 Å². The fourth-order valence-corrected chi connectivity index (χ4v) is 1.65. The highest BCUT2D eigenvalue weighted by Gasteiger charge is 2.17. The highest BCUT2D eigenvalue weighted by Crippen LogP contribution is 2.08. The molecular formula is C16H16N2O3. The molecule has 1 atom stereocenters. The number of anilines is 2. The maximum Gasteiger partial charge on any atom is 0.412 e. The highest BCUT2D eigenvalue weighted by atomic mass is 16.6. The van der Waals surface area contributed by atoms with E-state index >= 15 is 0 Å². The molecule has 0 aromatic heterocycles. The van der Waals surface area contributed by atoms with E-state index < -0.39 is 12.2 Å². The smallest absolute Gasteiger partial charge is 0.412 e. The molecule has 0 bridgehead atoms. The molecule has 0 saturated heterocycles. The van der Waals surface area contributed by atoms with Gasteiger partial charge in [-0.05, 0) is 31.2 Å². The molecule has 0 radical (unpaired) electrons. The number of hydrogen-bond donors (Lipinski definition) is 2. The van der Waals surface area contributed by atoms with Crippen LogP contribution in [0.5, 0.6) is 0 Å². The van der Waals surface area contributed by atoms with Crippen LogP contribution in [0.1, 0.15) is 6.92 Å². The maximum atomic E-state index is 11.9. The lowest BCUT2D eigenvalue weighted by Crippen LogP contribution is -2.31. The molecule has 0 fully saturated rings. The number of benzene rings is 2. The Hall–Kier alpha value is -2.82. The molecule has 2 aromatic rings. The molecule has 2 rings (SSSR count). The molecule has 21 heavy (non-hydrogen) atoms. The molecule has 0 heterocycles. The number of rotatable bonds is 4. The first-order chi connectivity index (χ1) is 10.1. The van der Waals surface area contributed by atoms with Crippen molar-refractivity contribution in [1.82, 2.24) is 0 Å². The average molecular weight is 284 g/mol. The maximum absolute atomic E-state index is 11.9. The van der Waals surface area contributed by atoms with Crippen molar-refractivity contribution in [3.05, 3.63) is 60.7 Å². The van der Waals surface area contributed by atoms with Crippen LogP contribution in [-0.4, -0.2) is 18.1 Å². The average Bonchev–Trinajstić information content (AvgIpc) is 2.49. The Morgan fingerprint density at radius 2 is 1.33 bits per heavy atom. The zero-order chi connectivity index (χ0) is 15.1. The molecule has 0 aliphatic heterocycles. The Labute approximate surface area is 122 Å². The van der Waals surface area contributed by atoms with Gasteiger partial charge in [-0.25, -0.2) is 4.79 Å². The van der Waals surface area contributed by atoms with Crippen molar-refractivity contribution in [3.8, 4) is 0 Å². The van der Waals surface area contributed by atoms with Crippen LogP contribution in [0, 0.1) is 0 Å². The zero-order valence-electron chi connectivity index (χ0n) is 11.6. The molecule has 0 aliphatic carbocycles. The minimum Gasteiger partial charge on any atom is -0.436 e. The van der Waals surface area contributed by atoms with E-state index in [1.165, 1.54) is 6.92 Å². The van der Waals surface area contributed by atoms with Gasteiger partial charge in [-0.1, -0.05) is 36.4 Å². The summed E-state index contributed by atoms with van der Waals surface area (Å²) in [5, 5.41) is 5.22. The first kappa shape index (κ1) is 14.6. The van der Waals surface area contributed by atoms with Gasteiger partial charge in [0.25, 0.3) is 5.91 Å². The van der Waals surface area contributed by atoms with Crippen LogP contribution in [0.15, 0.2) is 60.7 Å². The minimum atomic E-state index is -0.895. The second-order valence-electron chi connectivity index (χ2n) is 4.39. The summed E-state index contributed by atoms with van der Waals surface area (Å²) in [7, 11) is 0. The van der Waals surface area contributed by atoms with E-state index in [1.54, 1.807) is 36.4 Å². The van der Waals surface area contributed by atoms with Crippen molar-refractivity contribution >= 4 is 23.4 Å². The molecule has 2 amide bonds. The van der Waals surface area contributed by atoms with Crippen molar-refractivity contribution in [2.45, 2.75) is 13.0 Å². The van der Waals surface area contributed by atoms with Crippen molar-refractivity contribution in [2.24, 2.45) is 0 Å². The summed E-state index contributed by atoms with van der Waals surface area (Å²) < 4.78 is 5.03. The summed E-state index contributed by atoms with van der Waals surface area (Å²) in [6, 6.07) is 17.9. The van der Waals surface area contributed by atoms with Crippen LogP contribution in [0.4, 0.5) is 16.2 Å². The Bertz CT molecular complexity index is 599. The third kappa shape index (κ3) is 4.65. The quantitative estimate of drug-likeness (QED) is 0.905. The van der Waals surface area contributed by atoms with Gasteiger partial charge in [0.15, 0.2) is 6.10 Å². The molecule has 2 N–H and O–H groups in total. The zero-order valence-corrected chi connectivity index (χ0v) is 11.6. The molecule has 5 nitrogen and oxygen atoms in total. The second kappa shape index (κ2) is 7.09. The van der Waals surface area contributed by atoms with E-state index in [1.807, 2.05) is 24.3 Å². The van der Waals surface area contributed by atoms with Gasteiger partial charge >= 0.3 is 6.09 Å². The third-order valence-corrected chi connectivity index (χ3v) is 2.71. The third-order valence-electron chi connectivity index (χ3n) is 2.71. The van der Waals surface area contributed by atoms with Crippen LogP contribution < -0.4 is 10.6 Å². The predicted molar refractivity (Wildman–Crippen MR) is 81.1 cm³/mol. The van der Waals surface area contributed by atoms with E-state index in [0.717, 1.165) is 0 Å². The van der Waals surface area contributed by atoms with Gasteiger partial charge in [-0.2, -0.15) is 0 Å². The molecule has 108 valence electrons. The van der Waals surface area contributed by atoms with Gasteiger partial charge in [0, 0.05) is 11.4 Å². The fourth-order valence-electron chi connectivity index (χ4n) is 1.65. The Kier molecular flexibility index (Phi) is 4.93. The Morgan fingerprint density at radius 3 is 1.86 bits per heavy atom. The van der Waals surface area contributed by atoms with Crippen LogP contribution in [0.2, 0.25) is 0 Å². The number of amides is 2. The number of nitrogens with one attached hydrogen (secondary N) is 2. The SMILES string of the molecule is CC(OC(=O)Nc1ccccc1)C(=O)Nc1ccccc1. The van der Waals surface area contributed by atoms with Crippen molar-refractivity contribution < 1.29 is 14.3 Å². The summed E-state index contributed by atoms with van der Waals surface area (Å²) in [5.74, 6) is -0.385. The lowest BCUT2D eigenvalue weighted by molar-refractivity contribution is -0.123. The van der Waals surface area contributed by atoms with Gasteiger partial charge in [0.1, 0.15) is 0 Å². The number of para-hydroxylation sites is 2. The van der Waals surface area contributed by atoms with Crippen LogP contribution in [-0.2, 0) is 9.53 Å². The highest BCUT2D eigenvalue weighted by molar-refractivity contribution is 5.96. The number of carbonyl (C=O) groups is 2. The first-order valence-electron chi connectivity index (χ1n) is 6.54. The number of ether oxygens (including phenoxy) is 1. The van der Waals surface area contributed by atoms with E-state index in [0.29, 0.717) is 11.4 Å². The summed E-state index contributed by atoms with van der Waals surface area (Å²) in [5.41, 5.74) is 1.26. The molecule has 0 saturated carbocycles. The number of hydrogen-bond acceptors (Lipinski definition) is 3. The lowest BCUT2D eigenvalue weighted by Gasteiger charge is -2.14. The van der Waals surface area contributed by atoms with Gasteiger partial charge in [0.2, 0.25) is 0 Å². The van der Waals surface area contributed by atoms with Gasteiger partial charge < -0.3 is 10.1 Å². The second-order valence-corrected chi connectivity index (χ2v) is 4.39. The largest absolute Gasteiger partial charge is 0.436 e. The Balaban J connectivity index is 1.84. The molecule has 2 aromatic carbocycles. The first-order valence-corrected chi connectivity index (χ1v) is 6.54. The van der Waals surface area contributed by atoms with Gasteiger partial charge in [-0.15, -0.1) is 0 Å². The molecule has 0 spiro atoms. The summed E-state index contributed by atoms with van der Waals surface area (Å²) in [6.07, 6.45) is -1.56. The van der Waals surface area contributed by atoms with E-state index in [2.05, 4.69) is 10.6 Å². The van der Waals surface area contributed by atoms with Crippen molar-refractivity contribution in [3.63, 3.8) is 0 Å². The molecule has 5 heteroatoms. The van der Waals surface area contributed by atoms with Crippen LogP contribution >= 0.6 is 0 Å². The molecule has 0 aliphatic rings. The minimum absolute atomic E-state index is 0.385. The monoisotopic (exact) mass is 284 g/mol. The predicted octanol–water partition coefficient (Wildman–Crippen LogP) is 3.26. The Morgan fingerprint density at radius 1 is 0.857 bits per heavy atom. The van der Waals surface area contributed by atoms with Crippen LogP contribution in [0.25, 0.3) is 0 Å². The molecular weight excluding hydrogens is 268 g/mol. The number of carbonyl (C=O) groups excluding carboxylic acids is 2. The van der Waals surface area contributed by atoms with Gasteiger partial charge in [0.05, 0.1) is 0 Å². The van der Waals surface area contributed by atoms with E-state index in [4.69, 9.17) is 4.74 Å². The van der Waals surface area contributed by atoms with Crippen LogP contribution in [0.3, 0.4) is 0 Å². The van der Waals surface area contributed by atoms with E-state index in [9.17, 15) is 9.59 Å². The van der Waals surface area contributed by atoms with E-state index in [-0.39, 0.29) is 5.91 Å². The fraction of sp³-hybridized carbons (Fsp3) is 0.125. The summed E-state index contributed by atoms with van der Waals surface area (Å²) >= 11 is 0.